The molecule has 0 saturated carbocycles. The Morgan fingerprint density at radius 2 is 0.833 bits per heavy atom. The minimum absolute atomic E-state index is 0. The third-order valence-electron chi connectivity index (χ3n) is 0.351. The largest absolute Gasteiger partial charge is 0.999 e. The van der Waals surface area contributed by atoms with Crippen LogP contribution in [0.25, 0.3) is 0 Å². The molecule has 102 valence electrons. The fourth-order valence-corrected chi connectivity index (χ4v) is 0.180. The van der Waals surface area contributed by atoms with E-state index in [1.165, 1.54) is 0 Å². The normalized spacial score (nSPS) is 6.22. The van der Waals surface area contributed by atoms with Gasteiger partial charge in [0, 0.05) is 21.7 Å². The van der Waals surface area contributed by atoms with Crippen LogP contribution in [0.15, 0.2) is 6.07 Å². The molecular formula is C5H7N3O9Ti-2. The molecule has 0 radical (unpaired) electrons. The van der Waals surface area contributed by atoms with Gasteiger partial charge in [-0.2, -0.15) is 0 Å². The molecule has 13 heteroatoms. The van der Waals surface area contributed by atoms with E-state index in [1.807, 2.05) is 0 Å². The predicted octanol–water partition coefficient (Wildman–Crippen LogP) is -0.765. The molecule has 6 N–H and O–H groups in total. The molecule has 0 amide bonds. The Morgan fingerprint density at radius 3 is 0.889 bits per heavy atom. The molecule has 1 rings (SSSR count). The summed E-state index contributed by atoms with van der Waals surface area (Å²) < 4.78 is 0. The Labute approximate surface area is 114 Å². The van der Waals surface area contributed by atoms with Crippen LogP contribution in [-0.2, 0) is 21.7 Å². The van der Waals surface area contributed by atoms with E-state index in [-0.39, 0.29) is 21.7 Å². The maximum absolute atomic E-state index is 8.47. The minimum Gasteiger partial charge on any atom is -0.999 e. The van der Waals surface area contributed by atoms with E-state index >= 15 is 0 Å². The van der Waals surface area contributed by atoms with Crippen LogP contribution in [-0.4, -0.2) is 46.5 Å². The van der Waals surface area contributed by atoms with Crippen LogP contribution in [0.3, 0.4) is 0 Å². The van der Waals surface area contributed by atoms with Gasteiger partial charge in [0.1, 0.15) is 14.7 Å². The Morgan fingerprint density at radius 1 is 0.667 bits per heavy atom. The summed E-state index contributed by atoms with van der Waals surface area (Å²) in [5.74, 6) is 0. The summed E-state index contributed by atoms with van der Waals surface area (Å²) in [7, 11) is 0. The van der Waals surface area contributed by atoms with E-state index in [2.05, 4.69) is 24.3 Å². The standard InChI is InChI=1S/C5H.3H2NO3.Ti/c1-2-4-5-3-1;3*2-1(3)4;/h1H;3*(H2,2,3,4);/q-5;3*+1;. The van der Waals surface area contributed by atoms with Crippen LogP contribution >= 0.6 is 0 Å². The molecule has 0 saturated heterocycles. The van der Waals surface area contributed by atoms with Crippen molar-refractivity contribution >= 4 is 0 Å². The molecule has 1 aromatic carbocycles. The first kappa shape index (κ1) is 24.8. The Balaban J connectivity index is -0.0000000719. The van der Waals surface area contributed by atoms with Crippen molar-refractivity contribution in [3.05, 3.63) is 45.1 Å². The van der Waals surface area contributed by atoms with Crippen molar-refractivity contribution < 1.29 is 68.2 Å². The zero-order valence-corrected chi connectivity index (χ0v) is 9.89. The molecule has 0 heterocycles. The molecule has 0 bridgehead atoms. The maximum Gasteiger partial charge on any atom is 0.472 e. The van der Waals surface area contributed by atoms with Crippen LogP contribution in [0, 0.1) is 39.0 Å². The van der Waals surface area contributed by atoms with E-state index in [4.69, 9.17) is 46.0 Å². The summed E-state index contributed by atoms with van der Waals surface area (Å²) in [6.07, 6.45) is 0. The second-order valence-corrected chi connectivity index (χ2v) is 1.44. The first-order valence-corrected chi connectivity index (χ1v) is 3.08. The molecule has 1 aromatic rings. The van der Waals surface area contributed by atoms with Crippen molar-refractivity contribution in [2.75, 3.05) is 0 Å². The van der Waals surface area contributed by atoms with Gasteiger partial charge < -0.3 is 30.3 Å². The quantitative estimate of drug-likeness (QED) is 0.203. The first-order chi connectivity index (χ1) is 7.70. The summed E-state index contributed by atoms with van der Waals surface area (Å²) in [6.45, 7) is 0. The first-order valence-electron chi connectivity index (χ1n) is 3.08. The number of hydrogen-bond donors (Lipinski definition) is 6. The molecule has 0 aliphatic heterocycles. The van der Waals surface area contributed by atoms with Crippen molar-refractivity contribution in [2.45, 2.75) is 0 Å². The summed E-state index contributed by atoms with van der Waals surface area (Å²) in [4.78, 5) is 25.4. The van der Waals surface area contributed by atoms with Crippen molar-refractivity contribution in [1.29, 1.82) is 0 Å². The average Bonchev–Trinajstić information content (AvgIpc) is 2.53. The van der Waals surface area contributed by atoms with Crippen molar-refractivity contribution in [3.63, 3.8) is 0 Å². The molecule has 0 aliphatic rings. The van der Waals surface area contributed by atoms with Gasteiger partial charge in [-0.15, -0.1) is 0 Å². The zero-order valence-electron chi connectivity index (χ0n) is 8.33. The molecule has 0 unspecified atom stereocenters. The van der Waals surface area contributed by atoms with Gasteiger partial charge in [-0.25, -0.2) is 31.2 Å². The summed E-state index contributed by atoms with van der Waals surface area (Å²) in [5, 5.41) is 37.6. The second-order valence-electron chi connectivity index (χ2n) is 1.44. The predicted molar refractivity (Wildman–Crippen MR) is 39.0 cm³/mol. The second kappa shape index (κ2) is 20.1. The van der Waals surface area contributed by atoms with Gasteiger partial charge in [0.2, 0.25) is 0 Å². The van der Waals surface area contributed by atoms with Gasteiger partial charge in [-0.3, -0.25) is 0 Å². The zero-order chi connectivity index (χ0) is 14.3. The average molecular weight is 301 g/mol. The van der Waals surface area contributed by atoms with Crippen LogP contribution in [0.1, 0.15) is 0 Å². The molecule has 0 aliphatic carbocycles. The van der Waals surface area contributed by atoms with Gasteiger partial charge in [-0.05, 0) is 0 Å². The molecule has 18 heavy (non-hydrogen) atoms. The van der Waals surface area contributed by atoms with Crippen LogP contribution < -0.4 is 0 Å². The van der Waals surface area contributed by atoms with E-state index < -0.39 is 15.3 Å². The van der Waals surface area contributed by atoms with E-state index in [9.17, 15) is 0 Å². The molecule has 0 atom stereocenters. The monoisotopic (exact) mass is 301 g/mol. The van der Waals surface area contributed by atoms with Crippen molar-refractivity contribution in [1.82, 2.24) is 0 Å². The van der Waals surface area contributed by atoms with E-state index in [0.29, 0.717) is 0 Å². The maximum atomic E-state index is 8.47. The number of rotatable bonds is 0. The molecular weight excluding hydrogens is 294 g/mol. The molecule has 0 fully saturated rings. The van der Waals surface area contributed by atoms with Gasteiger partial charge >= 0.3 is 15.3 Å². The summed E-state index contributed by atoms with van der Waals surface area (Å²) >= 11 is 0. The van der Waals surface area contributed by atoms with Gasteiger partial charge in [0.05, 0.1) is 0 Å². The van der Waals surface area contributed by atoms with Gasteiger partial charge in [-0.1, -0.05) is 0 Å². The summed E-state index contributed by atoms with van der Waals surface area (Å²) in [6, 6.07) is 12.0. The number of hydrogen-bond acceptors (Lipinski definition) is 3. The fourth-order valence-electron chi connectivity index (χ4n) is 0.180. The van der Waals surface area contributed by atoms with Crippen LogP contribution in [0.5, 0.6) is 0 Å². The minimum atomic E-state index is -1.25. The fraction of sp³-hybridized carbons (Fsp3) is 0. The molecule has 12 nitrogen and oxygen atoms in total. The van der Waals surface area contributed by atoms with Gasteiger partial charge in [0.15, 0.2) is 0 Å². The van der Waals surface area contributed by atoms with Crippen molar-refractivity contribution in [2.24, 2.45) is 0 Å². The Kier molecular flexibility index (Phi) is 27.7. The third-order valence-corrected chi connectivity index (χ3v) is 0.351. The van der Waals surface area contributed by atoms with E-state index in [1.54, 1.807) is 6.07 Å². The topological polar surface area (TPSA) is 182 Å². The third kappa shape index (κ3) is 309. The Bertz CT molecular complexity index is 245. The Hall–Kier alpha value is -2.34. The van der Waals surface area contributed by atoms with E-state index in [0.717, 1.165) is 0 Å². The molecule has 0 spiro atoms. The smallest absolute Gasteiger partial charge is 0.472 e. The summed E-state index contributed by atoms with van der Waals surface area (Å²) in [5.41, 5.74) is 0. The van der Waals surface area contributed by atoms with Crippen LogP contribution in [0.2, 0.25) is 0 Å². The number of nitrogens with zero attached hydrogens (tertiary/aromatic N) is 3. The molecule has 0 aromatic heterocycles. The van der Waals surface area contributed by atoms with Gasteiger partial charge in [0.25, 0.3) is 0 Å². The van der Waals surface area contributed by atoms with Crippen molar-refractivity contribution in [3.8, 4) is 0 Å². The SMILES string of the molecule is O=[N+](O)O.O=[N+](O)O.O=[N+](O)O.[Ti].[c-]1[c-][c-][cH-][c-]1. The van der Waals surface area contributed by atoms with Crippen LogP contribution in [0.4, 0.5) is 0 Å².